The van der Waals surface area contributed by atoms with Crippen LogP contribution in [0.5, 0.6) is 0 Å². The van der Waals surface area contributed by atoms with Gasteiger partial charge in [0.15, 0.2) is 11.5 Å². The van der Waals surface area contributed by atoms with Crippen molar-refractivity contribution in [2.24, 2.45) is 11.3 Å². The third-order valence-corrected chi connectivity index (χ3v) is 3.18. The fraction of sp³-hybridized carbons (Fsp3) is 0.500. The molecule has 2 aromatic rings. The molecule has 20 heavy (non-hydrogen) atoms. The molecule has 0 aliphatic rings. The Labute approximate surface area is 118 Å². The van der Waals surface area contributed by atoms with Gasteiger partial charge in [0.25, 0.3) is 0 Å². The normalized spacial score (nSPS) is 13.6. The molecule has 1 aromatic heterocycles. The molecule has 1 aromatic carbocycles. The molecule has 1 atom stereocenters. The number of benzene rings is 1. The van der Waals surface area contributed by atoms with Gasteiger partial charge in [-0.3, -0.25) is 0 Å². The van der Waals surface area contributed by atoms with E-state index in [0.717, 1.165) is 12.8 Å². The maximum Gasteiger partial charge on any atom is 0.338 e. The summed E-state index contributed by atoms with van der Waals surface area (Å²) in [6.45, 7) is 8.78. The summed E-state index contributed by atoms with van der Waals surface area (Å²) in [7, 11) is 0. The van der Waals surface area contributed by atoms with E-state index in [1.807, 2.05) is 0 Å². The highest BCUT2D eigenvalue weighted by Gasteiger charge is 2.19. The summed E-state index contributed by atoms with van der Waals surface area (Å²) in [6, 6.07) is 4.99. The van der Waals surface area contributed by atoms with Gasteiger partial charge in [-0.2, -0.15) is 0 Å². The molecule has 1 heterocycles. The minimum absolute atomic E-state index is 0.195. The van der Waals surface area contributed by atoms with E-state index in [4.69, 9.17) is 9.52 Å². The highest BCUT2D eigenvalue weighted by atomic mass is 16.4. The fourth-order valence-electron chi connectivity index (χ4n) is 2.67. The Bertz CT molecular complexity index is 622. The molecule has 2 rings (SSSR count). The van der Waals surface area contributed by atoms with E-state index in [1.54, 1.807) is 18.2 Å². The number of aromatic carboxylic acids is 1. The van der Waals surface area contributed by atoms with E-state index in [2.05, 4.69) is 32.7 Å². The van der Waals surface area contributed by atoms with Crippen LogP contribution < -0.4 is 0 Å². The first kappa shape index (κ1) is 14.6. The third-order valence-electron chi connectivity index (χ3n) is 3.18. The van der Waals surface area contributed by atoms with E-state index < -0.39 is 5.97 Å². The topological polar surface area (TPSA) is 63.3 Å². The average Bonchev–Trinajstić information content (AvgIpc) is 2.67. The lowest BCUT2D eigenvalue weighted by Crippen LogP contribution is -2.12. The van der Waals surface area contributed by atoms with E-state index in [9.17, 15) is 4.79 Å². The van der Waals surface area contributed by atoms with Crippen LogP contribution in [0.3, 0.4) is 0 Å². The van der Waals surface area contributed by atoms with Crippen LogP contribution >= 0.6 is 0 Å². The van der Waals surface area contributed by atoms with Gasteiger partial charge < -0.3 is 9.52 Å². The summed E-state index contributed by atoms with van der Waals surface area (Å²) >= 11 is 0. The minimum atomic E-state index is -0.974. The highest BCUT2D eigenvalue weighted by molar-refractivity contribution is 6.00. The molecule has 0 radical (unpaired) electrons. The van der Waals surface area contributed by atoms with Crippen LogP contribution in [0.2, 0.25) is 0 Å². The predicted molar refractivity (Wildman–Crippen MR) is 77.9 cm³/mol. The second-order valence-corrected chi connectivity index (χ2v) is 6.64. The Hall–Kier alpha value is -1.84. The number of hydrogen-bond donors (Lipinski definition) is 1. The van der Waals surface area contributed by atoms with E-state index in [-0.39, 0.29) is 11.0 Å². The van der Waals surface area contributed by atoms with E-state index in [0.29, 0.717) is 22.9 Å². The number of carbonyl (C=O) groups is 1. The van der Waals surface area contributed by atoms with Crippen LogP contribution in [0.1, 0.15) is 50.4 Å². The summed E-state index contributed by atoms with van der Waals surface area (Å²) in [5.41, 5.74) is 1.44. The molecule has 0 spiro atoms. The summed E-state index contributed by atoms with van der Waals surface area (Å²) in [4.78, 5) is 15.5. The minimum Gasteiger partial charge on any atom is -0.478 e. The lowest BCUT2D eigenvalue weighted by Gasteiger charge is -2.22. The Balaban J connectivity index is 2.24. The zero-order valence-corrected chi connectivity index (χ0v) is 12.4. The van der Waals surface area contributed by atoms with Gasteiger partial charge in [-0.25, -0.2) is 9.78 Å². The first-order chi connectivity index (χ1) is 9.26. The summed E-state index contributed by atoms with van der Waals surface area (Å²) in [5, 5.41) is 9.15. The van der Waals surface area contributed by atoms with Crippen LogP contribution in [0.15, 0.2) is 22.6 Å². The van der Waals surface area contributed by atoms with Gasteiger partial charge in [-0.05, 0) is 29.9 Å². The second kappa shape index (κ2) is 5.27. The molecule has 0 aliphatic carbocycles. The molecule has 108 valence electrons. The van der Waals surface area contributed by atoms with Crippen LogP contribution in [0.25, 0.3) is 11.1 Å². The summed E-state index contributed by atoms with van der Waals surface area (Å²) in [6.07, 6.45) is 1.79. The van der Waals surface area contributed by atoms with Gasteiger partial charge in [0.1, 0.15) is 5.52 Å². The standard InChI is InChI=1S/C16H21NO3/c1-10(9-16(2,3)4)8-13-17-14-11(15(18)19)6-5-7-12(14)20-13/h5-7,10H,8-9H2,1-4H3,(H,18,19). The lowest BCUT2D eigenvalue weighted by atomic mass is 9.84. The number of aromatic nitrogens is 1. The Morgan fingerprint density at radius 2 is 2.10 bits per heavy atom. The van der Waals surface area contributed by atoms with Crippen molar-refractivity contribution >= 4 is 17.1 Å². The molecule has 0 amide bonds. The Kier molecular flexibility index (Phi) is 3.84. The first-order valence-electron chi connectivity index (χ1n) is 6.88. The molecule has 0 fully saturated rings. The molecule has 4 nitrogen and oxygen atoms in total. The fourth-order valence-corrected chi connectivity index (χ4v) is 2.67. The van der Waals surface area contributed by atoms with Gasteiger partial charge in [-0.15, -0.1) is 0 Å². The number of para-hydroxylation sites is 1. The molecule has 4 heteroatoms. The molecule has 0 saturated heterocycles. The van der Waals surface area contributed by atoms with Crippen molar-refractivity contribution in [3.63, 3.8) is 0 Å². The van der Waals surface area contributed by atoms with Gasteiger partial charge in [0.05, 0.1) is 5.56 Å². The predicted octanol–water partition coefficient (Wildman–Crippen LogP) is 4.14. The molecular formula is C16H21NO3. The summed E-state index contributed by atoms with van der Waals surface area (Å²) < 4.78 is 5.67. The third kappa shape index (κ3) is 3.38. The zero-order valence-electron chi connectivity index (χ0n) is 12.4. The zero-order chi connectivity index (χ0) is 14.9. The Morgan fingerprint density at radius 3 is 2.70 bits per heavy atom. The van der Waals surface area contributed by atoms with Crippen molar-refractivity contribution < 1.29 is 14.3 Å². The molecule has 1 unspecified atom stereocenters. The first-order valence-corrected chi connectivity index (χ1v) is 6.88. The van der Waals surface area contributed by atoms with Crippen molar-refractivity contribution in [1.82, 2.24) is 4.98 Å². The van der Waals surface area contributed by atoms with Gasteiger partial charge in [0, 0.05) is 6.42 Å². The largest absolute Gasteiger partial charge is 0.478 e. The number of nitrogens with zero attached hydrogens (tertiary/aromatic N) is 1. The molecular weight excluding hydrogens is 254 g/mol. The van der Waals surface area contributed by atoms with Crippen LogP contribution in [-0.4, -0.2) is 16.1 Å². The van der Waals surface area contributed by atoms with Crippen molar-refractivity contribution in [3.8, 4) is 0 Å². The van der Waals surface area contributed by atoms with Gasteiger partial charge in [0.2, 0.25) is 0 Å². The van der Waals surface area contributed by atoms with E-state index in [1.165, 1.54) is 0 Å². The van der Waals surface area contributed by atoms with Crippen molar-refractivity contribution in [2.45, 2.75) is 40.5 Å². The van der Waals surface area contributed by atoms with Crippen molar-refractivity contribution in [2.75, 3.05) is 0 Å². The number of fused-ring (bicyclic) bond motifs is 1. The average molecular weight is 275 g/mol. The highest BCUT2D eigenvalue weighted by Crippen LogP contribution is 2.27. The number of carboxylic acids is 1. The molecule has 1 N–H and O–H groups in total. The smallest absolute Gasteiger partial charge is 0.338 e. The maximum atomic E-state index is 11.2. The van der Waals surface area contributed by atoms with Crippen LogP contribution in [0, 0.1) is 11.3 Å². The number of rotatable bonds is 4. The van der Waals surface area contributed by atoms with Crippen molar-refractivity contribution in [3.05, 3.63) is 29.7 Å². The van der Waals surface area contributed by atoms with Gasteiger partial charge in [-0.1, -0.05) is 33.8 Å². The monoisotopic (exact) mass is 275 g/mol. The SMILES string of the molecule is CC(Cc1nc2c(C(=O)O)cccc2o1)CC(C)(C)C. The Morgan fingerprint density at radius 1 is 1.40 bits per heavy atom. The maximum absolute atomic E-state index is 11.2. The van der Waals surface area contributed by atoms with Crippen molar-refractivity contribution in [1.29, 1.82) is 0 Å². The molecule has 0 bridgehead atoms. The molecule has 0 saturated carbocycles. The van der Waals surface area contributed by atoms with Gasteiger partial charge >= 0.3 is 5.97 Å². The lowest BCUT2D eigenvalue weighted by molar-refractivity contribution is 0.0699. The second-order valence-electron chi connectivity index (χ2n) is 6.64. The van der Waals surface area contributed by atoms with E-state index >= 15 is 0 Å². The number of oxazole rings is 1. The molecule has 0 aliphatic heterocycles. The van der Waals surface area contributed by atoms with Crippen LogP contribution in [-0.2, 0) is 6.42 Å². The quantitative estimate of drug-likeness (QED) is 0.910. The number of hydrogen-bond acceptors (Lipinski definition) is 3. The summed E-state index contributed by atoms with van der Waals surface area (Å²) in [5.74, 6) is 0.0833. The number of carboxylic acid groups (broad SMARTS) is 1. The van der Waals surface area contributed by atoms with Crippen LogP contribution in [0.4, 0.5) is 0 Å².